The molecule has 0 aliphatic rings. The molecule has 0 fully saturated rings. The second kappa shape index (κ2) is 6.41. The van der Waals surface area contributed by atoms with Crippen LogP contribution in [0.25, 0.3) is 17.0 Å². The maximum absolute atomic E-state index is 12.7. The lowest BCUT2D eigenvalue weighted by Crippen LogP contribution is -2.24. The molecule has 0 saturated carbocycles. The summed E-state index contributed by atoms with van der Waals surface area (Å²) >= 11 is 0. The van der Waals surface area contributed by atoms with Gasteiger partial charge >= 0.3 is 5.51 Å². The van der Waals surface area contributed by atoms with E-state index in [0.29, 0.717) is 6.07 Å². The van der Waals surface area contributed by atoms with Gasteiger partial charge in [0.15, 0.2) is 14.9 Å². The average Bonchev–Trinajstić information content (AvgIpc) is 3.03. The van der Waals surface area contributed by atoms with Crippen molar-refractivity contribution in [2.45, 2.75) is 22.4 Å². The van der Waals surface area contributed by atoms with E-state index in [0.717, 1.165) is 23.0 Å². The number of pyridine rings is 1. The third kappa shape index (κ3) is 3.28. The maximum atomic E-state index is 12.7. The summed E-state index contributed by atoms with van der Waals surface area (Å²) in [5, 5.41) is 8.30. The molecule has 3 rings (SSSR count). The Morgan fingerprint density at radius 3 is 2.43 bits per heavy atom. The zero-order chi connectivity index (χ0) is 20.9. The molecule has 3 aromatic heterocycles. The first-order valence-corrected chi connectivity index (χ1v) is 10.6. The highest BCUT2D eigenvalue weighted by molar-refractivity contribution is 7.92. The van der Waals surface area contributed by atoms with Crippen molar-refractivity contribution in [1.82, 2.24) is 19.4 Å². The van der Waals surface area contributed by atoms with Crippen LogP contribution in [0, 0.1) is 0 Å². The topological polar surface area (TPSA) is 132 Å². The fourth-order valence-electron chi connectivity index (χ4n) is 2.27. The fraction of sp³-hybridized carbons (Fsp3) is 0.214. The van der Waals surface area contributed by atoms with Gasteiger partial charge in [-0.1, -0.05) is 6.92 Å². The van der Waals surface area contributed by atoms with E-state index in [-0.39, 0.29) is 27.7 Å². The molecule has 0 aromatic carbocycles. The molecular weight excluding hydrogens is 425 g/mol. The molecule has 0 bridgehead atoms. The summed E-state index contributed by atoms with van der Waals surface area (Å²) in [4.78, 5) is 10.8. The minimum Gasteiger partial charge on any atom is -0.506 e. The highest BCUT2D eigenvalue weighted by Gasteiger charge is 2.48. The number of hydrogen-bond acceptors (Lipinski definition) is 8. The predicted molar refractivity (Wildman–Crippen MR) is 88.9 cm³/mol. The van der Waals surface area contributed by atoms with Gasteiger partial charge in [-0.05, 0) is 0 Å². The number of imidazole rings is 1. The van der Waals surface area contributed by atoms with Crippen molar-refractivity contribution in [3.8, 4) is 17.1 Å². The van der Waals surface area contributed by atoms with Crippen molar-refractivity contribution < 1.29 is 35.1 Å². The number of alkyl halides is 3. The van der Waals surface area contributed by atoms with E-state index in [1.165, 1.54) is 13.1 Å². The van der Waals surface area contributed by atoms with Gasteiger partial charge in [-0.25, -0.2) is 31.8 Å². The van der Waals surface area contributed by atoms with Crippen LogP contribution >= 0.6 is 0 Å². The Kier molecular flexibility index (Phi) is 4.58. The van der Waals surface area contributed by atoms with E-state index in [1.54, 1.807) is 0 Å². The minimum absolute atomic E-state index is 0.0598. The van der Waals surface area contributed by atoms with E-state index >= 15 is 0 Å². The standard InChI is InChI=1S/C14H11F3N4O5S2/c1-2-27(23,24)10-3-8(22)5-18-13(10)9-6-21-7-19-12(4-11(21)20-9)28(25,26)14(15,16)17/h3-7,22H,2H2,1H3. The molecule has 0 unspecified atom stereocenters. The van der Waals surface area contributed by atoms with Gasteiger partial charge in [0.1, 0.15) is 29.1 Å². The van der Waals surface area contributed by atoms with Crippen LogP contribution in [0.5, 0.6) is 5.75 Å². The molecule has 9 nitrogen and oxygen atoms in total. The van der Waals surface area contributed by atoms with Crippen LogP contribution in [0.3, 0.4) is 0 Å². The lowest BCUT2D eigenvalue weighted by Gasteiger charge is -2.06. The summed E-state index contributed by atoms with van der Waals surface area (Å²) in [7, 11) is -9.49. The molecule has 3 heterocycles. The number of rotatable bonds is 4. The van der Waals surface area contributed by atoms with Crippen LogP contribution in [-0.4, -0.2) is 52.6 Å². The highest BCUT2D eigenvalue weighted by atomic mass is 32.2. The summed E-state index contributed by atoms with van der Waals surface area (Å²) in [6.07, 6.45) is 3.01. The first kappa shape index (κ1) is 20.0. The molecular formula is C14H11F3N4O5S2. The van der Waals surface area contributed by atoms with Crippen LogP contribution < -0.4 is 0 Å². The third-order valence-corrected chi connectivity index (χ3v) is 6.82. The van der Waals surface area contributed by atoms with E-state index in [1.807, 2.05) is 0 Å². The predicted octanol–water partition coefficient (Wildman–Crippen LogP) is 1.58. The highest BCUT2D eigenvalue weighted by Crippen LogP contribution is 2.31. The Morgan fingerprint density at radius 1 is 1.14 bits per heavy atom. The third-order valence-electron chi connectivity index (χ3n) is 3.70. The Balaban J connectivity index is 2.21. The zero-order valence-electron chi connectivity index (χ0n) is 13.9. The second-order valence-corrected chi connectivity index (χ2v) is 9.65. The Labute approximate surface area is 156 Å². The summed E-state index contributed by atoms with van der Waals surface area (Å²) in [6, 6.07) is 1.59. The van der Waals surface area contributed by atoms with Crippen LogP contribution in [0.4, 0.5) is 13.2 Å². The van der Waals surface area contributed by atoms with Gasteiger partial charge in [0.05, 0.1) is 16.8 Å². The maximum Gasteiger partial charge on any atom is 0.503 e. The molecule has 0 amide bonds. The molecule has 0 spiro atoms. The Bertz CT molecular complexity index is 1280. The van der Waals surface area contributed by atoms with Crippen molar-refractivity contribution in [3.05, 3.63) is 30.9 Å². The number of sulfone groups is 2. The van der Waals surface area contributed by atoms with Crippen molar-refractivity contribution in [2.75, 3.05) is 5.75 Å². The summed E-state index contributed by atoms with van der Waals surface area (Å²) in [5.74, 6) is -0.701. The van der Waals surface area contributed by atoms with Crippen molar-refractivity contribution in [1.29, 1.82) is 0 Å². The van der Waals surface area contributed by atoms with Crippen LogP contribution in [0.2, 0.25) is 0 Å². The van der Waals surface area contributed by atoms with Crippen LogP contribution in [-0.2, 0) is 19.7 Å². The first-order chi connectivity index (χ1) is 12.9. The van der Waals surface area contributed by atoms with Gasteiger partial charge in [0.25, 0.3) is 9.84 Å². The van der Waals surface area contributed by atoms with Gasteiger partial charge < -0.3 is 5.11 Å². The summed E-state index contributed by atoms with van der Waals surface area (Å²) < 4.78 is 86.7. The zero-order valence-corrected chi connectivity index (χ0v) is 15.5. The van der Waals surface area contributed by atoms with E-state index in [9.17, 15) is 35.1 Å². The van der Waals surface area contributed by atoms with Crippen molar-refractivity contribution >= 4 is 25.3 Å². The fourth-order valence-corrected chi connectivity index (χ4v) is 4.02. The van der Waals surface area contributed by atoms with Gasteiger partial charge in [-0.15, -0.1) is 0 Å². The van der Waals surface area contributed by atoms with Crippen molar-refractivity contribution in [2.24, 2.45) is 0 Å². The molecule has 0 aliphatic carbocycles. The average molecular weight is 436 g/mol. The lowest BCUT2D eigenvalue weighted by atomic mass is 10.3. The molecule has 0 atom stereocenters. The number of halogens is 3. The Hall–Kier alpha value is -2.74. The molecule has 0 aliphatic heterocycles. The normalized spacial score (nSPS) is 13.1. The largest absolute Gasteiger partial charge is 0.506 e. The van der Waals surface area contributed by atoms with Crippen LogP contribution in [0.15, 0.2) is 40.8 Å². The number of hydrogen-bond donors (Lipinski definition) is 1. The van der Waals surface area contributed by atoms with Gasteiger partial charge in [-0.3, -0.25) is 4.40 Å². The number of nitrogens with zero attached hydrogens (tertiary/aromatic N) is 4. The number of aromatic nitrogens is 4. The summed E-state index contributed by atoms with van der Waals surface area (Å²) in [5.41, 5.74) is -5.96. The smallest absolute Gasteiger partial charge is 0.503 e. The van der Waals surface area contributed by atoms with Gasteiger partial charge in [-0.2, -0.15) is 13.2 Å². The SMILES string of the molecule is CCS(=O)(=O)c1cc(O)cnc1-c1cn2cnc(S(=O)(=O)C(F)(F)F)cc2n1. The lowest BCUT2D eigenvalue weighted by molar-refractivity contribution is -0.0438. The number of fused-ring (bicyclic) bond motifs is 1. The quantitative estimate of drug-likeness (QED) is 0.610. The minimum atomic E-state index is -5.67. The molecule has 0 radical (unpaired) electrons. The molecule has 1 N–H and O–H groups in total. The van der Waals surface area contributed by atoms with Gasteiger partial charge in [0, 0.05) is 18.3 Å². The Morgan fingerprint density at radius 2 is 1.82 bits per heavy atom. The van der Waals surface area contributed by atoms with E-state index < -0.39 is 36.0 Å². The monoisotopic (exact) mass is 436 g/mol. The van der Waals surface area contributed by atoms with Crippen molar-refractivity contribution in [3.63, 3.8) is 0 Å². The molecule has 28 heavy (non-hydrogen) atoms. The summed E-state index contributed by atoms with van der Waals surface area (Å²) in [6.45, 7) is 1.38. The molecule has 0 saturated heterocycles. The van der Waals surface area contributed by atoms with Crippen LogP contribution in [0.1, 0.15) is 6.92 Å². The van der Waals surface area contributed by atoms with E-state index in [4.69, 9.17) is 0 Å². The number of aromatic hydroxyl groups is 1. The molecule has 14 heteroatoms. The first-order valence-electron chi connectivity index (χ1n) is 7.45. The van der Waals surface area contributed by atoms with E-state index in [2.05, 4.69) is 15.0 Å². The second-order valence-electron chi connectivity index (χ2n) is 5.51. The molecule has 3 aromatic rings. The molecule has 150 valence electrons. The van der Waals surface area contributed by atoms with Gasteiger partial charge in [0.2, 0.25) is 0 Å².